The van der Waals surface area contributed by atoms with E-state index in [1.54, 1.807) is 12.1 Å². The molecule has 2 rings (SSSR count). The van der Waals surface area contributed by atoms with Gasteiger partial charge >= 0.3 is 0 Å². The molecule has 0 spiro atoms. The summed E-state index contributed by atoms with van der Waals surface area (Å²) < 4.78 is 51.4. The number of nitrogens with two attached hydrogens (primary N) is 1. The molecule has 0 saturated carbocycles. The van der Waals surface area contributed by atoms with Gasteiger partial charge in [-0.3, -0.25) is 4.72 Å². The predicted molar refractivity (Wildman–Crippen MR) is 113 cm³/mol. The van der Waals surface area contributed by atoms with Crippen LogP contribution in [0.5, 0.6) is 0 Å². The second kappa shape index (κ2) is 8.93. The van der Waals surface area contributed by atoms with Crippen LogP contribution in [0.25, 0.3) is 0 Å². The highest BCUT2D eigenvalue weighted by Crippen LogP contribution is 2.28. The molecule has 0 amide bonds. The summed E-state index contributed by atoms with van der Waals surface area (Å²) in [4.78, 5) is -0.0705. The highest BCUT2D eigenvalue weighted by molar-refractivity contribution is 7.92. The summed E-state index contributed by atoms with van der Waals surface area (Å²) in [5.41, 5.74) is 1.65. The van der Waals surface area contributed by atoms with Crippen LogP contribution in [0.2, 0.25) is 0 Å². The molecular formula is C19H27N3O4S2. The zero-order valence-corrected chi connectivity index (χ0v) is 17.9. The Kier molecular flexibility index (Phi) is 7.08. The summed E-state index contributed by atoms with van der Waals surface area (Å²) in [7, 11) is -7.86. The summed E-state index contributed by atoms with van der Waals surface area (Å²) in [5, 5.41) is 8.32. The van der Waals surface area contributed by atoms with Gasteiger partial charge < -0.3 is 5.32 Å². The Morgan fingerprint density at radius 3 is 2.07 bits per heavy atom. The lowest BCUT2D eigenvalue weighted by Crippen LogP contribution is -2.17. The van der Waals surface area contributed by atoms with E-state index in [1.807, 2.05) is 20.8 Å². The van der Waals surface area contributed by atoms with Gasteiger partial charge in [0.15, 0.2) is 0 Å². The molecule has 28 heavy (non-hydrogen) atoms. The summed E-state index contributed by atoms with van der Waals surface area (Å²) >= 11 is 0. The monoisotopic (exact) mass is 425 g/mol. The first-order chi connectivity index (χ1) is 13.0. The third-order valence-electron chi connectivity index (χ3n) is 4.27. The normalized spacial score (nSPS) is 12.2. The third kappa shape index (κ3) is 5.70. The van der Waals surface area contributed by atoms with Crippen LogP contribution < -0.4 is 15.2 Å². The Labute approximate surface area is 167 Å². The van der Waals surface area contributed by atoms with Gasteiger partial charge in [-0.25, -0.2) is 22.0 Å². The summed E-state index contributed by atoms with van der Waals surface area (Å²) in [6, 6.07) is 10.7. The molecule has 9 heteroatoms. The van der Waals surface area contributed by atoms with Gasteiger partial charge in [-0.15, -0.1) is 0 Å². The molecule has 2 aromatic carbocycles. The fourth-order valence-electron chi connectivity index (χ4n) is 2.57. The van der Waals surface area contributed by atoms with E-state index < -0.39 is 20.0 Å². The van der Waals surface area contributed by atoms with E-state index in [0.717, 1.165) is 18.4 Å². The van der Waals surface area contributed by atoms with E-state index in [-0.39, 0.29) is 21.4 Å². The van der Waals surface area contributed by atoms with Crippen molar-refractivity contribution in [3.63, 3.8) is 0 Å². The average molecular weight is 426 g/mol. The molecule has 0 saturated heterocycles. The van der Waals surface area contributed by atoms with Gasteiger partial charge in [-0.1, -0.05) is 39.3 Å². The molecule has 0 aliphatic heterocycles. The maximum Gasteiger partial charge on any atom is 0.261 e. The van der Waals surface area contributed by atoms with Crippen LogP contribution in [-0.4, -0.2) is 23.4 Å². The molecule has 4 N–H and O–H groups in total. The fraction of sp³-hybridized carbons (Fsp3) is 0.368. The van der Waals surface area contributed by atoms with Gasteiger partial charge in [0.1, 0.15) is 0 Å². The first-order valence-corrected chi connectivity index (χ1v) is 12.1. The summed E-state index contributed by atoms with van der Waals surface area (Å²) in [6.45, 7) is 6.71. The first-order valence-electron chi connectivity index (χ1n) is 9.08. The van der Waals surface area contributed by atoms with Crippen LogP contribution in [0.4, 0.5) is 11.4 Å². The molecule has 0 aliphatic rings. The molecule has 0 atom stereocenters. The van der Waals surface area contributed by atoms with Crippen LogP contribution in [-0.2, 0) is 20.0 Å². The number of primary sulfonamides is 1. The minimum atomic E-state index is -3.97. The zero-order valence-electron chi connectivity index (χ0n) is 16.3. The second-order valence-corrected chi connectivity index (χ2v) is 10.1. The highest BCUT2D eigenvalue weighted by atomic mass is 32.2. The van der Waals surface area contributed by atoms with Crippen molar-refractivity contribution >= 4 is 31.4 Å². The van der Waals surface area contributed by atoms with E-state index in [4.69, 9.17) is 5.14 Å². The maximum atomic E-state index is 12.8. The maximum absolute atomic E-state index is 12.8. The van der Waals surface area contributed by atoms with Gasteiger partial charge in [0.2, 0.25) is 10.0 Å². The molecule has 0 aliphatic carbocycles. The van der Waals surface area contributed by atoms with Gasteiger partial charge in [0, 0.05) is 6.54 Å². The van der Waals surface area contributed by atoms with E-state index in [2.05, 4.69) is 10.0 Å². The largest absolute Gasteiger partial charge is 0.383 e. The quantitative estimate of drug-likeness (QED) is 0.532. The SMILES string of the molecule is CCCCNc1ccc(S(N)(=O)=O)cc1NS(=O)(=O)c1ccc(C(C)C)cc1. The fourth-order valence-corrected chi connectivity index (χ4v) is 4.18. The smallest absolute Gasteiger partial charge is 0.261 e. The van der Waals surface area contributed by atoms with Crippen molar-refractivity contribution in [3.05, 3.63) is 48.0 Å². The topological polar surface area (TPSA) is 118 Å². The van der Waals surface area contributed by atoms with E-state index in [0.29, 0.717) is 12.2 Å². The lowest BCUT2D eigenvalue weighted by molar-refractivity contribution is 0.596. The predicted octanol–water partition coefficient (Wildman–Crippen LogP) is 3.47. The van der Waals surface area contributed by atoms with Crippen molar-refractivity contribution < 1.29 is 16.8 Å². The molecule has 154 valence electrons. The van der Waals surface area contributed by atoms with Crippen molar-refractivity contribution in [1.29, 1.82) is 0 Å². The van der Waals surface area contributed by atoms with Crippen molar-refractivity contribution in [2.75, 3.05) is 16.6 Å². The molecule has 0 unspecified atom stereocenters. The number of anilines is 2. The van der Waals surface area contributed by atoms with E-state index in [9.17, 15) is 16.8 Å². The van der Waals surface area contributed by atoms with Gasteiger partial charge in [-0.05, 0) is 48.2 Å². The number of benzene rings is 2. The average Bonchev–Trinajstić information content (AvgIpc) is 2.62. The highest BCUT2D eigenvalue weighted by Gasteiger charge is 2.19. The van der Waals surface area contributed by atoms with Gasteiger partial charge in [0.05, 0.1) is 21.2 Å². The number of unbranched alkanes of at least 4 members (excludes halogenated alkanes) is 1. The lowest BCUT2D eigenvalue weighted by Gasteiger charge is -2.16. The van der Waals surface area contributed by atoms with E-state index >= 15 is 0 Å². The Hall–Kier alpha value is -2.10. The minimum Gasteiger partial charge on any atom is -0.383 e. The van der Waals surface area contributed by atoms with Gasteiger partial charge in [0.25, 0.3) is 10.0 Å². The van der Waals surface area contributed by atoms with Crippen molar-refractivity contribution in [2.45, 2.75) is 49.3 Å². The molecule has 7 nitrogen and oxygen atoms in total. The number of nitrogens with one attached hydrogen (secondary N) is 2. The Balaban J connectivity index is 2.40. The molecular weight excluding hydrogens is 398 g/mol. The van der Waals surface area contributed by atoms with Gasteiger partial charge in [-0.2, -0.15) is 0 Å². The summed E-state index contributed by atoms with van der Waals surface area (Å²) in [6.07, 6.45) is 1.85. The van der Waals surface area contributed by atoms with Crippen molar-refractivity contribution in [2.24, 2.45) is 5.14 Å². The number of rotatable bonds is 9. The second-order valence-electron chi connectivity index (χ2n) is 6.86. The molecule has 0 radical (unpaired) electrons. The third-order valence-corrected chi connectivity index (χ3v) is 6.56. The van der Waals surface area contributed by atoms with Crippen molar-refractivity contribution in [3.8, 4) is 0 Å². The Morgan fingerprint density at radius 2 is 1.54 bits per heavy atom. The van der Waals surface area contributed by atoms with Crippen LogP contribution in [0, 0.1) is 0 Å². The molecule has 2 aromatic rings. The van der Waals surface area contributed by atoms with E-state index in [1.165, 1.54) is 30.3 Å². The molecule has 0 heterocycles. The Bertz CT molecular complexity index is 1020. The molecule has 0 fully saturated rings. The van der Waals surface area contributed by atoms with Crippen LogP contribution >= 0.6 is 0 Å². The number of sulfonamides is 2. The first kappa shape index (κ1) is 22.2. The molecule has 0 aromatic heterocycles. The van der Waals surface area contributed by atoms with Crippen LogP contribution in [0.15, 0.2) is 52.3 Å². The Morgan fingerprint density at radius 1 is 0.929 bits per heavy atom. The van der Waals surface area contributed by atoms with Crippen LogP contribution in [0.1, 0.15) is 45.1 Å². The standard InChI is InChI=1S/C19H27N3O4S2/c1-4-5-12-21-18-11-10-17(27(20,23)24)13-19(18)22-28(25,26)16-8-6-15(7-9-16)14(2)3/h6-11,13-14,21-22H,4-5,12H2,1-3H3,(H2,20,23,24). The molecule has 0 bridgehead atoms. The van der Waals surface area contributed by atoms with Crippen molar-refractivity contribution in [1.82, 2.24) is 0 Å². The number of hydrogen-bond donors (Lipinski definition) is 3. The number of hydrogen-bond acceptors (Lipinski definition) is 5. The zero-order chi connectivity index (χ0) is 20.9. The lowest BCUT2D eigenvalue weighted by atomic mass is 10.0. The minimum absolute atomic E-state index is 0.0948. The summed E-state index contributed by atoms with van der Waals surface area (Å²) in [5.74, 6) is 0.283. The van der Waals surface area contributed by atoms with Crippen LogP contribution in [0.3, 0.4) is 0 Å².